The minimum Gasteiger partial charge on any atom is -0.426 e. The first-order chi connectivity index (χ1) is 14.3. The van der Waals surface area contributed by atoms with E-state index in [9.17, 15) is 14.4 Å². The number of hydrogen-bond acceptors (Lipinski definition) is 5. The Balaban J connectivity index is 1.94. The normalized spacial score (nSPS) is 10.7. The number of aromatic nitrogens is 1. The number of carbonyl (C=O) groups is 2. The van der Waals surface area contributed by atoms with Gasteiger partial charge in [0.2, 0.25) is 5.91 Å². The Labute approximate surface area is 182 Å². The number of benzene rings is 2. The molecular weight excluding hydrogens is 427 g/mol. The number of esters is 1. The predicted octanol–water partition coefficient (Wildman–Crippen LogP) is 4.71. The van der Waals surface area contributed by atoms with Crippen LogP contribution in [0.15, 0.2) is 47.3 Å². The van der Waals surface area contributed by atoms with Gasteiger partial charge >= 0.3 is 5.97 Å². The fraction of sp³-hybridized carbons (Fsp3) is 0.182. The highest BCUT2D eigenvalue weighted by atomic mass is 35.5. The Morgan fingerprint density at radius 3 is 2.57 bits per heavy atom. The van der Waals surface area contributed by atoms with E-state index >= 15 is 0 Å². The highest BCUT2D eigenvalue weighted by Crippen LogP contribution is 2.30. The number of hydrogen-bond donors (Lipinski definition) is 1. The number of ether oxygens (including phenoxy) is 1. The molecule has 0 atom stereocenters. The zero-order valence-electron chi connectivity index (χ0n) is 16.3. The fourth-order valence-electron chi connectivity index (χ4n) is 3.00. The number of amides is 1. The Bertz CT molecular complexity index is 1210. The molecule has 154 valence electrons. The van der Waals surface area contributed by atoms with Crippen molar-refractivity contribution in [2.45, 2.75) is 26.7 Å². The van der Waals surface area contributed by atoms with E-state index in [0.29, 0.717) is 32.9 Å². The average molecular weight is 445 g/mol. The number of nitrogens with zero attached hydrogens (tertiary/aromatic N) is 1. The largest absolute Gasteiger partial charge is 0.426 e. The van der Waals surface area contributed by atoms with Gasteiger partial charge in [-0.15, -0.1) is 0 Å². The molecule has 0 aliphatic heterocycles. The second-order valence-electron chi connectivity index (χ2n) is 6.64. The van der Waals surface area contributed by atoms with Crippen LogP contribution < -0.4 is 15.6 Å². The van der Waals surface area contributed by atoms with E-state index in [1.165, 1.54) is 6.92 Å². The summed E-state index contributed by atoms with van der Waals surface area (Å²) in [5.41, 5.74) is 0.782. The van der Waals surface area contributed by atoms with Crippen molar-refractivity contribution in [1.29, 1.82) is 0 Å². The quantitative estimate of drug-likeness (QED) is 0.576. The van der Waals surface area contributed by atoms with Crippen LogP contribution in [0.3, 0.4) is 0 Å². The minimum absolute atomic E-state index is 0.0327. The van der Waals surface area contributed by atoms with Crippen LogP contribution >= 0.6 is 23.2 Å². The lowest BCUT2D eigenvalue weighted by atomic mass is 10.1. The molecule has 0 aliphatic carbocycles. The van der Waals surface area contributed by atoms with Crippen LogP contribution in [0, 0.1) is 6.92 Å². The smallest absolute Gasteiger partial charge is 0.308 e. The van der Waals surface area contributed by atoms with Crippen molar-refractivity contribution in [2.24, 2.45) is 0 Å². The van der Waals surface area contributed by atoms with Crippen molar-refractivity contribution < 1.29 is 14.3 Å². The van der Waals surface area contributed by atoms with Crippen LogP contribution in [0.25, 0.3) is 10.9 Å². The van der Waals surface area contributed by atoms with Gasteiger partial charge in [0, 0.05) is 34.3 Å². The summed E-state index contributed by atoms with van der Waals surface area (Å²) in [6.45, 7) is 2.86. The number of carbonyl (C=O) groups excluding carboxylic acids is 2. The maximum Gasteiger partial charge on any atom is 0.308 e. The molecule has 30 heavy (non-hydrogen) atoms. The van der Waals surface area contributed by atoms with E-state index in [-0.39, 0.29) is 17.9 Å². The predicted molar refractivity (Wildman–Crippen MR) is 117 cm³/mol. The summed E-state index contributed by atoms with van der Waals surface area (Å²) in [5, 5.41) is 4.08. The molecule has 6 nitrogen and oxygen atoms in total. The minimum atomic E-state index is -0.625. The standard InChI is InChI=1S/C22H18Cl2N2O4/c1-12-20(26-19(28)10-8-14-7-9-15(23)11-17(14)24)22(29)25-18-6-4-3-5-16(18)21(12)30-13(2)27/h3-7,9,11H,8,10H2,1-2H3,(H,25,26,28,29). The number of anilines is 1. The van der Waals surface area contributed by atoms with E-state index in [4.69, 9.17) is 27.9 Å². The summed E-state index contributed by atoms with van der Waals surface area (Å²) in [6.07, 6.45) is 0.446. The molecule has 8 heteroatoms. The molecule has 0 fully saturated rings. The van der Waals surface area contributed by atoms with Crippen molar-refractivity contribution in [3.8, 4) is 5.75 Å². The van der Waals surface area contributed by atoms with E-state index in [1.54, 1.807) is 49.4 Å². The van der Waals surface area contributed by atoms with Crippen LogP contribution in [-0.4, -0.2) is 16.9 Å². The first-order valence-corrected chi connectivity index (χ1v) is 9.87. The van der Waals surface area contributed by atoms with Gasteiger partial charge in [0.1, 0.15) is 11.4 Å². The van der Waals surface area contributed by atoms with Gasteiger partial charge in [0.25, 0.3) is 5.56 Å². The van der Waals surface area contributed by atoms with Gasteiger partial charge in [-0.2, -0.15) is 0 Å². The molecule has 0 bridgehead atoms. The number of fused-ring (bicyclic) bond motifs is 1. The molecular formula is C22H18Cl2N2O4. The van der Waals surface area contributed by atoms with Crippen molar-refractivity contribution in [2.75, 3.05) is 5.32 Å². The zero-order valence-corrected chi connectivity index (χ0v) is 17.8. The summed E-state index contributed by atoms with van der Waals surface area (Å²) >= 11 is 12.0. The van der Waals surface area contributed by atoms with Crippen molar-refractivity contribution in [1.82, 2.24) is 4.98 Å². The molecule has 0 spiro atoms. The Morgan fingerprint density at radius 1 is 1.13 bits per heavy atom. The van der Waals surface area contributed by atoms with Gasteiger partial charge in [0.15, 0.2) is 0 Å². The third kappa shape index (κ3) is 4.96. The van der Waals surface area contributed by atoms with Crippen LogP contribution in [0.4, 0.5) is 5.69 Å². The molecule has 1 heterocycles. The summed E-state index contributed by atoms with van der Waals surface area (Å²) in [4.78, 5) is 40.9. The van der Waals surface area contributed by atoms with Gasteiger partial charge < -0.3 is 10.1 Å². The number of rotatable bonds is 5. The molecule has 0 radical (unpaired) electrons. The number of aryl methyl sites for hydroxylation is 1. The van der Waals surface area contributed by atoms with Gasteiger partial charge in [-0.1, -0.05) is 41.4 Å². The van der Waals surface area contributed by atoms with Gasteiger partial charge in [-0.25, -0.2) is 4.98 Å². The first kappa shape index (κ1) is 21.7. The maximum absolute atomic E-state index is 12.7. The molecule has 2 aromatic carbocycles. The van der Waals surface area contributed by atoms with Crippen molar-refractivity contribution in [3.63, 3.8) is 0 Å². The third-order valence-electron chi connectivity index (χ3n) is 4.45. The van der Waals surface area contributed by atoms with Gasteiger partial charge in [-0.05, 0) is 43.2 Å². The lowest BCUT2D eigenvalue weighted by Gasteiger charge is -2.09. The van der Waals surface area contributed by atoms with E-state index in [2.05, 4.69) is 10.3 Å². The maximum atomic E-state index is 12.7. The summed E-state index contributed by atoms with van der Waals surface area (Å²) in [5.74, 6) is -0.757. The summed E-state index contributed by atoms with van der Waals surface area (Å²) < 4.78 is 5.35. The summed E-state index contributed by atoms with van der Waals surface area (Å²) in [7, 11) is 0. The van der Waals surface area contributed by atoms with Crippen LogP contribution in [-0.2, 0) is 16.0 Å². The number of halogens is 2. The molecule has 1 aromatic heterocycles. The Morgan fingerprint density at radius 2 is 1.87 bits per heavy atom. The van der Waals surface area contributed by atoms with Gasteiger partial charge in [0.05, 0.1) is 5.52 Å². The fourth-order valence-corrected chi connectivity index (χ4v) is 3.50. The Kier molecular flexibility index (Phi) is 6.70. The topological polar surface area (TPSA) is 85.4 Å². The second-order valence-corrected chi connectivity index (χ2v) is 7.48. The second kappa shape index (κ2) is 9.24. The summed E-state index contributed by atoms with van der Waals surface area (Å²) in [6, 6.07) is 11.8. The average Bonchev–Trinajstić information content (AvgIpc) is 2.77. The lowest BCUT2D eigenvalue weighted by molar-refractivity contribution is -0.131. The highest BCUT2D eigenvalue weighted by molar-refractivity contribution is 6.35. The molecule has 3 aromatic rings. The molecule has 0 aliphatic rings. The molecule has 0 saturated carbocycles. The first-order valence-electron chi connectivity index (χ1n) is 9.12. The number of nitrogens with one attached hydrogen (secondary N) is 1. The lowest BCUT2D eigenvalue weighted by Crippen LogP contribution is -2.20. The monoisotopic (exact) mass is 444 g/mol. The third-order valence-corrected chi connectivity index (χ3v) is 5.03. The van der Waals surface area contributed by atoms with Crippen LogP contribution in [0.5, 0.6) is 5.75 Å². The van der Waals surface area contributed by atoms with Crippen LogP contribution in [0.1, 0.15) is 24.5 Å². The molecule has 1 amide bonds. The SMILES string of the molecule is CC(=O)Oc1c(C)c(NC(=O)CCc2ccc(Cl)cc2Cl)c(=O)nc2ccccc12. The van der Waals surface area contributed by atoms with E-state index in [1.807, 2.05) is 0 Å². The number of para-hydroxylation sites is 1. The Hall–Kier alpha value is -2.96. The van der Waals surface area contributed by atoms with E-state index in [0.717, 1.165) is 5.56 Å². The van der Waals surface area contributed by atoms with Crippen molar-refractivity contribution in [3.05, 3.63) is 74.0 Å². The zero-order chi connectivity index (χ0) is 21.8. The molecule has 0 unspecified atom stereocenters. The molecule has 3 rings (SSSR count). The van der Waals surface area contributed by atoms with Crippen LogP contribution in [0.2, 0.25) is 10.0 Å². The van der Waals surface area contributed by atoms with Crippen molar-refractivity contribution >= 4 is 51.7 Å². The molecule has 0 saturated heterocycles. The molecule has 1 N–H and O–H groups in total. The highest BCUT2D eigenvalue weighted by Gasteiger charge is 2.17. The van der Waals surface area contributed by atoms with E-state index < -0.39 is 17.4 Å². The van der Waals surface area contributed by atoms with Gasteiger partial charge in [-0.3, -0.25) is 14.4 Å².